The number of aryl methyl sites for hydroxylation is 1. The van der Waals surface area contributed by atoms with Gasteiger partial charge in [0.2, 0.25) is 0 Å². The second-order valence-corrected chi connectivity index (χ2v) is 4.53. The summed E-state index contributed by atoms with van der Waals surface area (Å²) >= 11 is 0. The highest BCUT2D eigenvalue weighted by Crippen LogP contribution is 2.24. The predicted octanol–water partition coefficient (Wildman–Crippen LogP) is 1.87. The summed E-state index contributed by atoms with van der Waals surface area (Å²) in [6, 6.07) is 5.70. The molecular formula is C14H22N2O2. The summed E-state index contributed by atoms with van der Waals surface area (Å²) < 4.78 is 5.57. The summed E-state index contributed by atoms with van der Waals surface area (Å²) in [5, 5.41) is 0. The molecule has 1 amide bonds. The monoisotopic (exact) mass is 250 g/mol. The molecule has 0 aromatic heterocycles. The van der Waals surface area contributed by atoms with E-state index >= 15 is 0 Å². The predicted molar refractivity (Wildman–Crippen MR) is 72.6 cm³/mol. The van der Waals surface area contributed by atoms with Crippen molar-refractivity contribution in [2.24, 2.45) is 5.73 Å². The lowest BCUT2D eigenvalue weighted by molar-refractivity contribution is -0.131. The number of likely N-dealkylation sites (N-methyl/N-ethyl adjacent to an activating group) is 1. The molecule has 0 saturated carbocycles. The minimum absolute atomic E-state index is 0.0336. The Kier molecular flexibility index (Phi) is 5.16. The van der Waals surface area contributed by atoms with E-state index in [9.17, 15) is 4.79 Å². The van der Waals surface area contributed by atoms with Crippen molar-refractivity contribution in [3.8, 4) is 5.75 Å². The average molecular weight is 250 g/mol. The van der Waals surface area contributed by atoms with E-state index in [0.29, 0.717) is 12.3 Å². The molecule has 0 unspecified atom stereocenters. The van der Waals surface area contributed by atoms with E-state index < -0.39 is 0 Å². The van der Waals surface area contributed by atoms with Gasteiger partial charge in [-0.25, -0.2) is 0 Å². The van der Waals surface area contributed by atoms with E-state index in [1.807, 2.05) is 39.0 Å². The normalized spacial score (nSPS) is 12.1. The van der Waals surface area contributed by atoms with Gasteiger partial charge < -0.3 is 15.4 Å². The van der Waals surface area contributed by atoms with Crippen LogP contribution < -0.4 is 10.5 Å². The van der Waals surface area contributed by atoms with Gasteiger partial charge in [0.25, 0.3) is 5.91 Å². The number of carbonyl (C=O) groups excluding carboxylic acids is 1. The molecule has 1 rings (SSSR count). The minimum Gasteiger partial charge on any atom is -0.483 e. The minimum atomic E-state index is -0.112. The van der Waals surface area contributed by atoms with E-state index in [1.165, 1.54) is 0 Å². The quantitative estimate of drug-likeness (QED) is 0.868. The van der Waals surface area contributed by atoms with Gasteiger partial charge in [-0.15, -0.1) is 0 Å². The van der Waals surface area contributed by atoms with Crippen LogP contribution in [0.1, 0.15) is 31.0 Å². The zero-order valence-corrected chi connectivity index (χ0v) is 11.6. The highest BCUT2D eigenvalue weighted by Gasteiger charge is 2.12. The van der Waals surface area contributed by atoms with E-state index in [-0.39, 0.29) is 18.6 Å². The number of nitrogens with zero attached hydrogens (tertiary/aromatic N) is 1. The molecule has 100 valence electrons. The Balaban J connectivity index is 2.76. The lowest BCUT2D eigenvalue weighted by Gasteiger charge is -2.17. The SMILES string of the molecule is CCN(C)C(=O)COc1ccc(C)cc1[C@@H](C)N. The van der Waals surface area contributed by atoms with Crippen molar-refractivity contribution in [2.75, 3.05) is 20.2 Å². The van der Waals surface area contributed by atoms with Crippen LogP contribution in [0.4, 0.5) is 0 Å². The molecule has 0 aliphatic rings. The zero-order valence-electron chi connectivity index (χ0n) is 11.6. The van der Waals surface area contributed by atoms with Gasteiger partial charge in [0, 0.05) is 25.2 Å². The third-order valence-electron chi connectivity index (χ3n) is 2.91. The van der Waals surface area contributed by atoms with Gasteiger partial charge >= 0.3 is 0 Å². The Hall–Kier alpha value is -1.55. The first kappa shape index (κ1) is 14.5. The summed E-state index contributed by atoms with van der Waals surface area (Å²) in [5.41, 5.74) is 7.96. The third kappa shape index (κ3) is 3.74. The number of carbonyl (C=O) groups is 1. The molecule has 1 atom stereocenters. The molecule has 18 heavy (non-hydrogen) atoms. The lowest BCUT2D eigenvalue weighted by atomic mass is 10.1. The van der Waals surface area contributed by atoms with Crippen LogP contribution in [0.5, 0.6) is 5.75 Å². The van der Waals surface area contributed by atoms with Crippen LogP contribution in [0, 0.1) is 6.92 Å². The van der Waals surface area contributed by atoms with Crippen molar-refractivity contribution in [1.29, 1.82) is 0 Å². The molecule has 1 aromatic rings. The van der Waals surface area contributed by atoms with Crippen molar-refractivity contribution in [3.05, 3.63) is 29.3 Å². The van der Waals surface area contributed by atoms with Crippen molar-refractivity contribution < 1.29 is 9.53 Å². The Morgan fingerprint density at radius 2 is 2.17 bits per heavy atom. The summed E-state index contributed by atoms with van der Waals surface area (Å²) in [6.45, 7) is 6.56. The standard InChI is InChI=1S/C14H22N2O2/c1-5-16(4)14(17)9-18-13-7-6-10(2)8-12(13)11(3)15/h6-8,11H,5,9,15H2,1-4H3/t11-/m1/s1. The van der Waals surface area contributed by atoms with Gasteiger partial charge in [-0.3, -0.25) is 4.79 Å². The van der Waals surface area contributed by atoms with Crippen LogP contribution in [-0.2, 0) is 4.79 Å². The van der Waals surface area contributed by atoms with Crippen LogP contribution >= 0.6 is 0 Å². The first-order chi connectivity index (χ1) is 8.45. The van der Waals surface area contributed by atoms with Crippen molar-refractivity contribution in [1.82, 2.24) is 4.90 Å². The molecule has 4 nitrogen and oxygen atoms in total. The molecule has 1 aromatic carbocycles. The van der Waals surface area contributed by atoms with E-state index in [4.69, 9.17) is 10.5 Å². The average Bonchev–Trinajstić information content (AvgIpc) is 2.35. The second kappa shape index (κ2) is 6.40. The maximum Gasteiger partial charge on any atom is 0.260 e. The molecule has 0 aliphatic carbocycles. The Morgan fingerprint density at radius 3 is 2.72 bits per heavy atom. The molecule has 0 fully saturated rings. The number of hydrogen-bond acceptors (Lipinski definition) is 3. The molecule has 0 radical (unpaired) electrons. The number of amides is 1. The topological polar surface area (TPSA) is 55.6 Å². The summed E-state index contributed by atoms with van der Waals surface area (Å²) in [4.78, 5) is 13.3. The number of ether oxygens (including phenoxy) is 1. The molecule has 4 heteroatoms. The molecule has 0 spiro atoms. The number of benzene rings is 1. The largest absolute Gasteiger partial charge is 0.483 e. The maximum absolute atomic E-state index is 11.7. The molecule has 2 N–H and O–H groups in total. The first-order valence-electron chi connectivity index (χ1n) is 6.18. The lowest BCUT2D eigenvalue weighted by Crippen LogP contribution is -2.31. The van der Waals surface area contributed by atoms with Gasteiger partial charge in [-0.1, -0.05) is 17.7 Å². The molecule has 0 aliphatic heterocycles. The van der Waals surface area contributed by atoms with Crippen LogP contribution in [0.15, 0.2) is 18.2 Å². The van der Waals surface area contributed by atoms with Gasteiger partial charge in [-0.2, -0.15) is 0 Å². The second-order valence-electron chi connectivity index (χ2n) is 4.53. The van der Waals surface area contributed by atoms with E-state index in [2.05, 4.69) is 0 Å². The number of nitrogens with two attached hydrogens (primary N) is 1. The fourth-order valence-electron chi connectivity index (χ4n) is 1.58. The number of rotatable bonds is 5. The van der Waals surface area contributed by atoms with Crippen LogP contribution in [0.2, 0.25) is 0 Å². The van der Waals surface area contributed by atoms with Gasteiger partial charge in [-0.05, 0) is 26.8 Å². The highest BCUT2D eigenvalue weighted by molar-refractivity contribution is 5.77. The fourth-order valence-corrected chi connectivity index (χ4v) is 1.58. The summed E-state index contributed by atoms with van der Waals surface area (Å²) in [6.07, 6.45) is 0. The Labute approximate surface area is 109 Å². The van der Waals surface area contributed by atoms with Crippen molar-refractivity contribution >= 4 is 5.91 Å². The zero-order chi connectivity index (χ0) is 13.7. The Morgan fingerprint density at radius 1 is 1.50 bits per heavy atom. The van der Waals surface area contributed by atoms with Gasteiger partial charge in [0.1, 0.15) is 5.75 Å². The maximum atomic E-state index is 11.7. The molecule has 0 heterocycles. The molecular weight excluding hydrogens is 228 g/mol. The summed E-state index contributed by atoms with van der Waals surface area (Å²) in [7, 11) is 1.76. The van der Waals surface area contributed by atoms with E-state index in [0.717, 1.165) is 11.1 Å². The van der Waals surface area contributed by atoms with Crippen molar-refractivity contribution in [2.45, 2.75) is 26.8 Å². The Bertz CT molecular complexity index is 416. The fraction of sp³-hybridized carbons (Fsp3) is 0.500. The smallest absolute Gasteiger partial charge is 0.260 e. The highest BCUT2D eigenvalue weighted by atomic mass is 16.5. The molecule has 0 bridgehead atoms. The summed E-state index contributed by atoms with van der Waals surface area (Å²) in [5.74, 6) is 0.655. The van der Waals surface area contributed by atoms with Crippen LogP contribution in [0.25, 0.3) is 0 Å². The van der Waals surface area contributed by atoms with Gasteiger partial charge in [0.15, 0.2) is 6.61 Å². The third-order valence-corrected chi connectivity index (χ3v) is 2.91. The molecule has 0 saturated heterocycles. The van der Waals surface area contributed by atoms with Crippen LogP contribution in [0.3, 0.4) is 0 Å². The van der Waals surface area contributed by atoms with Gasteiger partial charge in [0.05, 0.1) is 0 Å². The first-order valence-corrected chi connectivity index (χ1v) is 6.18. The van der Waals surface area contributed by atoms with E-state index in [1.54, 1.807) is 11.9 Å². The van der Waals surface area contributed by atoms with Crippen LogP contribution in [-0.4, -0.2) is 31.0 Å². The van der Waals surface area contributed by atoms with Crippen molar-refractivity contribution in [3.63, 3.8) is 0 Å². The number of hydrogen-bond donors (Lipinski definition) is 1.